The van der Waals surface area contributed by atoms with Crippen LogP contribution in [0.3, 0.4) is 0 Å². The monoisotopic (exact) mass is 312 g/mol. The molecule has 0 spiro atoms. The van der Waals surface area contributed by atoms with Gasteiger partial charge in [0.05, 0.1) is 10.5 Å². The molecule has 0 unspecified atom stereocenters. The molecule has 1 amide bonds. The number of halogens is 1. The first kappa shape index (κ1) is 14.7. The van der Waals surface area contributed by atoms with Gasteiger partial charge in [-0.15, -0.1) is 0 Å². The molecule has 0 aliphatic heterocycles. The first-order chi connectivity index (χ1) is 10.5. The molecular weight excluding hydrogens is 296 g/mol. The topological polar surface area (TPSA) is 44.9 Å². The minimum atomic E-state index is -0.165. The van der Waals surface area contributed by atoms with Crippen LogP contribution in [0.5, 0.6) is 0 Å². The molecule has 1 heterocycles. The highest BCUT2D eigenvalue weighted by Crippen LogP contribution is 2.25. The minimum absolute atomic E-state index is 0.165. The summed E-state index contributed by atoms with van der Waals surface area (Å²) in [5.74, 6) is -0.165. The number of carbonyl (C=O) groups excluding carboxylic acids is 1. The Morgan fingerprint density at radius 3 is 2.41 bits per heavy atom. The number of nitrogens with one attached hydrogen (secondary N) is 2. The average Bonchev–Trinajstić information content (AvgIpc) is 2.88. The molecule has 112 valence electrons. The Labute approximate surface area is 134 Å². The maximum Gasteiger partial charge on any atom is 0.272 e. The van der Waals surface area contributed by atoms with E-state index in [-0.39, 0.29) is 5.91 Å². The number of fused-ring (bicyclic) bond motifs is 1. The van der Waals surface area contributed by atoms with Gasteiger partial charge in [0.15, 0.2) is 0 Å². The normalized spacial score (nSPS) is 10.9. The predicted octanol–water partition coefficient (Wildman–Crippen LogP) is 5.00. The summed E-state index contributed by atoms with van der Waals surface area (Å²) in [6, 6.07) is 11.5. The number of hydrogen-bond donors (Lipinski definition) is 2. The minimum Gasteiger partial charge on any atom is -0.349 e. The third-order valence-corrected chi connectivity index (χ3v) is 4.08. The summed E-state index contributed by atoms with van der Waals surface area (Å²) in [5, 5.41) is 4.53. The van der Waals surface area contributed by atoms with Gasteiger partial charge in [0.1, 0.15) is 5.69 Å². The highest BCUT2D eigenvalue weighted by Gasteiger charge is 2.13. The highest BCUT2D eigenvalue weighted by atomic mass is 35.5. The molecule has 3 nitrogen and oxygen atoms in total. The molecule has 0 aliphatic carbocycles. The summed E-state index contributed by atoms with van der Waals surface area (Å²) in [5.41, 5.74) is 5.44. The second kappa shape index (κ2) is 5.50. The van der Waals surface area contributed by atoms with Gasteiger partial charge in [0.2, 0.25) is 0 Å². The molecule has 1 aromatic heterocycles. The van der Waals surface area contributed by atoms with Crippen molar-refractivity contribution < 1.29 is 4.79 Å². The standard InChI is InChI=1S/C18H17ClN2O/c1-10-7-11(2)16(12(3)8-10)21-18(22)15-9-13-5-4-6-14(19)17(13)20-15/h4-9,20H,1-3H3,(H,21,22). The van der Waals surface area contributed by atoms with E-state index in [4.69, 9.17) is 11.6 Å². The summed E-state index contributed by atoms with van der Waals surface area (Å²) < 4.78 is 0. The molecule has 3 aromatic rings. The van der Waals surface area contributed by atoms with Crippen LogP contribution in [0.4, 0.5) is 5.69 Å². The fourth-order valence-electron chi connectivity index (χ4n) is 2.80. The second-order valence-electron chi connectivity index (χ2n) is 5.61. The van der Waals surface area contributed by atoms with Crippen LogP contribution in [0.25, 0.3) is 10.9 Å². The average molecular weight is 313 g/mol. The number of para-hydroxylation sites is 1. The molecule has 0 saturated heterocycles. The summed E-state index contributed by atoms with van der Waals surface area (Å²) in [6.07, 6.45) is 0. The SMILES string of the molecule is Cc1cc(C)c(NC(=O)c2cc3cccc(Cl)c3[nH]2)c(C)c1. The summed E-state index contributed by atoms with van der Waals surface area (Å²) in [7, 11) is 0. The van der Waals surface area contributed by atoms with E-state index in [1.807, 2.05) is 39.0 Å². The Bertz CT molecular complexity index is 857. The summed E-state index contributed by atoms with van der Waals surface area (Å²) >= 11 is 6.14. The number of rotatable bonds is 2. The van der Waals surface area contributed by atoms with Crippen molar-refractivity contribution in [2.45, 2.75) is 20.8 Å². The molecule has 0 bridgehead atoms. The summed E-state index contributed by atoms with van der Waals surface area (Å²) in [6.45, 7) is 6.04. The van der Waals surface area contributed by atoms with Gasteiger partial charge in [-0.05, 0) is 44.0 Å². The fraction of sp³-hybridized carbons (Fsp3) is 0.167. The molecule has 0 saturated carbocycles. The van der Waals surface area contributed by atoms with Crippen molar-refractivity contribution in [1.29, 1.82) is 0 Å². The van der Waals surface area contributed by atoms with Gasteiger partial charge in [-0.1, -0.05) is 41.4 Å². The van der Waals surface area contributed by atoms with E-state index < -0.39 is 0 Å². The molecule has 0 atom stereocenters. The lowest BCUT2D eigenvalue weighted by Crippen LogP contribution is -2.14. The van der Waals surface area contributed by atoms with E-state index in [2.05, 4.69) is 22.4 Å². The quantitative estimate of drug-likeness (QED) is 0.687. The molecular formula is C18H17ClN2O. The van der Waals surface area contributed by atoms with Crippen molar-refractivity contribution in [3.63, 3.8) is 0 Å². The van der Waals surface area contributed by atoms with Gasteiger partial charge >= 0.3 is 0 Å². The Kier molecular flexibility index (Phi) is 3.67. The van der Waals surface area contributed by atoms with Crippen molar-refractivity contribution in [1.82, 2.24) is 4.98 Å². The number of hydrogen-bond acceptors (Lipinski definition) is 1. The van der Waals surface area contributed by atoms with Gasteiger partial charge in [-0.3, -0.25) is 4.79 Å². The number of amides is 1. The first-order valence-electron chi connectivity index (χ1n) is 7.12. The van der Waals surface area contributed by atoms with Crippen molar-refractivity contribution in [3.05, 3.63) is 63.8 Å². The zero-order valence-corrected chi connectivity index (χ0v) is 13.5. The van der Waals surface area contributed by atoms with Crippen LogP contribution in [-0.2, 0) is 0 Å². The van der Waals surface area contributed by atoms with Crippen LogP contribution in [-0.4, -0.2) is 10.9 Å². The number of aromatic nitrogens is 1. The Morgan fingerprint density at radius 1 is 1.09 bits per heavy atom. The van der Waals surface area contributed by atoms with Gasteiger partial charge in [0.25, 0.3) is 5.91 Å². The van der Waals surface area contributed by atoms with Crippen LogP contribution in [0, 0.1) is 20.8 Å². The van der Waals surface area contributed by atoms with E-state index in [0.717, 1.165) is 27.7 Å². The third kappa shape index (κ3) is 2.60. The maximum atomic E-state index is 12.5. The molecule has 2 aromatic carbocycles. The number of carbonyl (C=O) groups is 1. The van der Waals surface area contributed by atoms with Crippen LogP contribution in [0.1, 0.15) is 27.2 Å². The largest absolute Gasteiger partial charge is 0.349 e. The Balaban J connectivity index is 1.95. The summed E-state index contributed by atoms with van der Waals surface area (Å²) in [4.78, 5) is 15.6. The van der Waals surface area contributed by atoms with E-state index in [9.17, 15) is 4.79 Å². The smallest absolute Gasteiger partial charge is 0.272 e. The third-order valence-electron chi connectivity index (χ3n) is 3.77. The van der Waals surface area contributed by atoms with Crippen LogP contribution < -0.4 is 5.32 Å². The lowest BCUT2D eigenvalue weighted by Gasteiger charge is -2.12. The maximum absolute atomic E-state index is 12.5. The zero-order valence-electron chi connectivity index (χ0n) is 12.8. The van der Waals surface area contributed by atoms with Crippen molar-refractivity contribution in [2.75, 3.05) is 5.32 Å². The fourth-order valence-corrected chi connectivity index (χ4v) is 3.03. The predicted molar refractivity (Wildman–Crippen MR) is 91.9 cm³/mol. The van der Waals surface area contributed by atoms with Crippen LogP contribution >= 0.6 is 11.6 Å². The zero-order chi connectivity index (χ0) is 15.9. The van der Waals surface area contributed by atoms with Crippen molar-refractivity contribution in [2.24, 2.45) is 0 Å². The molecule has 0 aliphatic rings. The number of aromatic amines is 1. The van der Waals surface area contributed by atoms with E-state index >= 15 is 0 Å². The van der Waals surface area contributed by atoms with Gasteiger partial charge in [-0.2, -0.15) is 0 Å². The molecule has 22 heavy (non-hydrogen) atoms. The molecule has 0 radical (unpaired) electrons. The lowest BCUT2D eigenvalue weighted by molar-refractivity contribution is 0.102. The lowest BCUT2D eigenvalue weighted by atomic mass is 10.1. The number of benzene rings is 2. The van der Waals surface area contributed by atoms with Crippen LogP contribution in [0.15, 0.2) is 36.4 Å². The van der Waals surface area contributed by atoms with Crippen molar-refractivity contribution >= 4 is 34.1 Å². The Hall–Kier alpha value is -2.26. The second-order valence-corrected chi connectivity index (χ2v) is 6.02. The van der Waals surface area contributed by atoms with E-state index in [1.165, 1.54) is 5.56 Å². The molecule has 2 N–H and O–H groups in total. The Morgan fingerprint density at radius 2 is 1.77 bits per heavy atom. The van der Waals surface area contributed by atoms with Gasteiger partial charge in [-0.25, -0.2) is 0 Å². The van der Waals surface area contributed by atoms with Crippen LogP contribution in [0.2, 0.25) is 5.02 Å². The molecule has 3 rings (SSSR count). The van der Waals surface area contributed by atoms with Crippen molar-refractivity contribution in [3.8, 4) is 0 Å². The van der Waals surface area contributed by atoms with Gasteiger partial charge in [0, 0.05) is 11.1 Å². The molecule has 0 fully saturated rings. The molecule has 4 heteroatoms. The number of H-pyrrole nitrogens is 1. The van der Waals surface area contributed by atoms with E-state index in [1.54, 1.807) is 6.07 Å². The van der Waals surface area contributed by atoms with E-state index in [0.29, 0.717) is 10.7 Å². The first-order valence-corrected chi connectivity index (χ1v) is 7.50. The number of anilines is 1. The van der Waals surface area contributed by atoms with Gasteiger partial charge < -0.3 is 10.3 Å². The number of aryl methyl sites for hydroxylation is 3. The highest BCUT2D eigenvalue weighted by molar-refractivity contribution is 6.35.